The van der Waals surface area contributed by atoms with Crippen LogP contribution in [0.2, 0.25) is 0 Å². The Balaban J connectivity index is 3.43. The van der Waals surface area contributed by atoms with Gasteiger partial charge in [-0.2, -0.15) is 0 Å². The normalized spacial score (nSPS) is 30.8. The molecule has 0 amide bonds. The van der Waals surface area contributed by atoms with Crippen LogP contribution in [0, 0.1) is 0 Å². The standard InChI is InChI=1S/C11H23O16P3/c1-2-3-4-5(12)24-8-6(13)7(14)9(25-28(15,16)17)11(27-30(21,22)23)10(8)26-29(18,19)20/h6-11,13-14H,2-4H2,1H3,(H2,15,16,17)(H2,18,19,20)(H2,21,22,23). The van der Waals surface area contributed by atoms with E-state index in [9.17, 15) is 28.7 Å². The van der Waals surface area contributed by atoms with Crippen molar-refractivity contribution in [1.82, 2.24) is 0 Å². The first-order valence-electron chi connectivity index (χ1n) is 8.22. The summed E-state index contributed by atoms with van der Waals surface area (Å²) in [7, 11) is -16.6. The third kappa shape index (κ3) is 9.07. The van der Waals surface area contributed by atoms with E-state index in [1.54, 1.807) is 6.92 Å². The van der Waals surface area contributed by atoms with Crippen LogP contribution in [0.15, 0.2) is 0 Å². The summed E-state index contributed by atoms with van der Waals surface area (Å²) in [4.78, 5) is 66.3. The number of phosphoric acid groups is 3. The van der Waals surface area contributed by atoms with Gasteiger partial charge in [0, 0.05) is 6.42 Å². The second-order valence-electron chi connectivity index (χ2n) is 6.22. The van der Waals surface area contributed by atoms with Crippen LogP contribution in [-0.4, -0.2) is 82.2 Å². The number of unbranched alkanes of at least 4 members (excludes halogenated alkanes) is 1. The maximum absolute atomic E-state index is 11.9. The summed E-state index contributed by atoms with van der Waals surface area (Å²) in [5.74, 6) is -1.03. The second kappa shape index (κ2) is 10.6. The molecule has 1 aliphatic rings. The van der Waals surface area contributed by atoms with E-state index < -0.39 is 66.1 Å². The Morgan fingerprint density at radius 2 is 1.10 bits per heavy atom. The Bertz CT molecular complexity index is 724. The molecule has 0 bridgehead atoms. The molecule has 1 saturated carbocycles. The Hall–Kier alpha value is -0.280. The van der Waals surface area contributed by atoms with Crippen LogP contribution in [-0.2, 0) is 36.8 Å². The number of hydrogen-bond donors (Lipinski definition) is 8. The highest BCUT2D eigenvalue weighted by molar-refractivity contribution is 7.47. The lowest BCUT2D eigenvalue weighted by atomic mass is 9.85. The average Bonchev–Trinajstić information content (AvgIpc) is 2.54. The van der Waals surface area contributed by atoms with Crippen molar-refractivity contribution >= 4 is 29.4 Å². The number of hydrogen-bond acceptors (Lipinski definition) is 10. The number of carbonyl (C=O) groups is 1. The highest BCUT2D eigenvalue weighted by Gasteiger charge is 2.58. The number of aliphatic hydroxyl groups is 2. The minimum atomic E-state index is -5.56. The second-order valence-corrected chi connectivity index (χ2v) is 9.80. The molecular formula is C11H23O16P3. The predicted octanol–water partition coefficient (Wildman–Crippen LogP) is -1.74. The zero-order valence-electron chi connectivity index (χ0n) is 15.3. The molecular weight excluding hydrogens is 481 g/mol. The monoisotopic (exact) mass is 504 g/mol. The van der Waals surface area contributed by atoms with Crippen LogP contribution in [0.1, 0.15) is 26.2 Å². The highest BCUT2D eigenvalue weighted by Crippen LogP contribution is 2.50. The highest BCUT2D eigenvalue weighted by atomic mass is 31.2. The average molecular weight is 504 g/mol. The SMILES string of the molecule is CCCCC(=O)OC1C(O)C(O)C(OP(=O)(O)O)C(OP(=O)(O)O)C1OP(=O)(O)O. The molecule has 1 fully saturated rings. The van der Waals surface area contributed by atoms with Gasteiger partial charge >= 0.3 is 29.4 Å². The molecule has 16 nitrogen and oxygen atoms in total. The van der Waals surface area contributed by atoms with E-state index in [-0.39, 0.29) is 6.42 Å². The molecule has 0 saturated heterocycles. The van der Waals surface area contributed by atoms with Gasteiger partial charge in [-0.1, -0.05) is 13.3 Å². The number of carbonyl (C=O) groups excluding carboxylic acids is 1. The number of ether oxygens (including phenoxy) is 1. The Kier molecular flexibility index (Phi) is 9.77. The molecule has 1 aliphatic carbocycles. The fraction of sp³-hybridized carbons (Fsp3) is 0.909. The van der Waals surface area contributed by atoms with Crippen LogP contribution in [0.5, 0.6) is 0 Å². The number of esters is 1. The third-order valence-electron chi connectivity index (χ3n) is 3.77. The summed E-state index contributed by atoms with van der Waals surface area (Å²) in [5.41, 5.74) is 0. The fourth-order valence-corrected chi connectivity index (χ4v) is 4.33. The molecule has 0 radical (unpaired) electrons. The minimum Gasteiger partial charge on any atom is -0.457 e. The summed E-state index contributed by atoms with van der Waals surface area (Å²) >= 11 is 0. The van der Waals surface area contributed by atoms with Crippen molar-refractivity contribution in [2.45, 2.75) is 62.8 Å². The van der Waals surface area contributed by atoms with Crippen molar-refractivity contribution in [3.05, 3.63) is 0 Å². The van der Waals surface area contributed by atoms with Gasteiger partial charge in [0.15, 0.2) is 6.10 Å². The quantitative estimate of drug-likeness (QED) is 0.121. The van der Waals surface area contributed by atoms with Gasteiger partial charge in [0.05, 0.1) is 0 Å². The van der Waals surface area contributed by atoms with Gasteiger partial charge in [-0.15, -0.1) is 0 Å². The van der Waals surface area contributed by atoms with Gasteiger partial charge in [-0.05, 0) is 6.42 Å². The van der Waals surface area contributed by atoms with Gasteiger partial charge in [0.1, 0.15) is 30.5 Å². The van der Waals surface area contributed by atoms with Crippen LogP contribution >= 0.6 is 23.5 Å². The Morgan fingerprint density at radius 1 is 0.733 bits per heavy atom. The van der Waals surface area contributed by atoms with Crippen molar-refractivity contribution in [3.63, 3.8) is 0 Å². The van der Waals surface area contributed by atoms with E-state index in [1.807, 2.05) is 0 Å². The Labute approximate surface area is 169 Å². The van der Waals surface area contributed by atoms with Crippen LogP contribution in [0.4, 0.5) is 0 Å². The van der Waals surface area contributed by atoms with Crippen molar-refractivity contribution in [2.75, 3.05) is 0 Å². The lowest BCUT2D eigenvalue weighted by Crippen LogP contribution is -2.66. The molecule has 30 heavy (non-hydrogen) atoms. The minimum absolute atomic E-state index is 0.231. The largest absolute Gasteiger partial charge is 0.470 e. The van der Waals surface area contributed by atoms with Crippen molar-refractivity contribution in [2.24, 2.45) is 0 Å². The lowest BCUT2D eigenvalue weighted by Gasteiger charge is -2.45. The maximum Gasteiger partial charge on any atom is 0.470 e. The van der Waals surface area contributed by atoms with Crippen molar-refractivity contribution < 1.29 is 76.4 Å². The maximum atomic E-state index is 11.9. The van der Waals surface area contributed by atoms with E-state index in [4.69, 9.17) is 34.1 Å². The molecule has 6 atom stereocenters. The molecule has 19 heteroatoms. The molecule has 0 aromatic heterocycles. The predicted molar refractivity (Wildman–Crippen MR) is 92.2 cm³/mol. The van der Waals surface area contributed by atoms with Gasteiger partial charge in [0.2, 0.25) is 0 Å². The lowest BCUT2D eigenvalue weighted by molar-refractivity contribution is -0.224. The summed E-state index contributed by atoms with van der Waals surface area (Å²) < 4.78 is 51.5. The summed E-state index contributed by atoms with van der Waals surface area (Å²) in [6.45, 7) is 1.72. The van der Waals surface area contributed by atoms with Crippen LogP contribution in [0.3, 0.4) is 0 Å². The first-order chi connectivity index (χ1) is 13.4. The molecule has 1 rings (SSSR count). The van der Waals surface area contributed by atoms with Gasteiger partial charge < -0.3 is 44.3 Å². The molecule has 0 spiro atoms. The molecule has 0 aromatic rings. The van der Waals surface area contributed by atoms with E-state index in [1.165, 1.54) is 0 Å². The van der Waals surface area contributed by atoms with E-state index >= 15 is 0 Å². The first kappa shape index (κ1) is 27.8. The van der Waals surface area contributed by atoms with E-state index in [2.05, 4.69) is 13.6 Å². The van der Waals surface area contributed by atoms with Crippen LogP contribution in [0.25, 0.3) is 0 Å². The molecule has 6 unspecified atom stereocenters. The number of rotatable bonds is 10. The number of aliphatic hydroxyl groups excluding tert-OH is 2. The molecule has 0 heterocycles. The van der Waals surface area contributed by atoms with Gasteiger partial charge in [0.25, 0.3) is 0 Å². The first-order valence-corrected chi connectivity index (χ1v) is 12.8. The topological polar surface area (TPSA) is 267 Å². The smallest absolute Gasteiger partial charge is 0.457 e. The fourth-order valence-electron chi connectivity index (χ4n) is 2.66. The molecule has 0 aliphatic heterocycles. The zero-order valence-corrected chi connectivity index (χ0v) is 18.0. The van der Waals surface area contributed by atoms with Gasteiger partial charge in [-0.3, -0.25) is 18.4 Å². The van der Waals surface area contributed by atoms with Gasteiger partial charge in [-0.25, -0.2) is 13.7 Å². The van der Waals surface area contributed by atoms with Crippen molar-refractivity contribution in [1.29, 1.82) is 0 Å². The number of phosphoric ester groups is 3. The Morgan fingerprint density at radius 3 is 1.50 bits per heavy atom. The summed E-state index contributed by atoms with van der Waals surface area (Å²) in [6.07, 6.45) is -13.6. The van der Waals surface area contributed by atoms with E-state index in [0.717, 1.165) is 0 Å². The summed E-state index contributed by atoms with van der Waals surface area (Å²) in [5, 5.41) is 20.4. The summed E-state index contributed by atoms with van der Waals surface area (Å²) in [6, 6.07) is 0. The molecule has 178 valence electrons. The van der Waals surface area contributed by atoms with Crippen molar-refractivity contribution in [3.8, 4) is 0 Å². The molecule has 0 aromatic carbocycles. The zero-order chi connectivity index (χ0) is 23.5. The van der Waals surface area contributed by atoms with Crippen LogP contribution < -0.4 is 0 Å². The molecule has 8 N–H and O–H groups in total. The third-order valence-corrected chi connectivity index (χ3v) is 5.33. The van der Waals surface area contributed by atoms with E-state index in [0.29, 0.717) is 12.8 Å².